The molecule has 0 saturated carbocycles. The maximum absolute atomic E-state index is 11.9. The van der Waals surface area contributed by atoms with Crippen LogP contribution in [0, 0.1) is 0 Å². The van der Waals surface area contributed by atoms with Crippen LogP contribution in [0.25, 0.3) is 0 Å². The average Bonchev–Trinajstić information content (AvgIpc) is 2.56. The molecule has 1 aliphatic heterocycles. The highest BCUT2D eigenvalue weighted by atomic mass is 16.6. The van der Waals surface area contributed by atoms with Crippen LogP contribution in [-0.4, -0.2) is 47.3 Å². The maximum Gasteiger partial charge on any atom is 0.407 e. The molecule has 0 aromatic heterocycles. The smallest absolute Gasteiger partial charge is 0.407 e. The SMILES string of the molecule is CC(NC(=O)OC(C)(C)C)C(CN)N1CCCC1(C)C. The molecular formula is C15H31N3O2. The summed E-state index contributed by atoms with van der Waals surface area (Å²) in [5.41, 5.74) is 5.61. The van der Waals surface area contributed by atoms with E-state index in [4.69, 9.17) is 10.5 Å². The Labute approximate surface area is 123 Å². The van der Waals surface area contributed by atoms with Gasteiger partial charge in [0.1, 0.15) is 5.60 Å². The number of carbonyl (C=O) groups is 1. The predicted octanol–water partition coefficient (Wildman–Crippen LogP) is 2.10. The number of alkyl carbamates (subject to hydrolysis) is 1. The van der Waals surface area contributed by atoms with Gasteiger partial charge in [0.2, 0.25) is 0 Å². The summed E-state index contributed by atoms with van der Waals surface area (Å²) >= 11 is 0. The zero-order chi connectivity index (χ0) is 15.6. The van der Waals surface area contributed by atoms with Crippen molar-refractivity contribution in [3.8, 4) is 0 Å². The van der Waals surface area contributed by atoms with Crippen molar-refractivity contribution >= 4 is 6.09 Å². The second-order valence-electron chi connectivity index (χ2n) is 7.35. The van der Waals surface area contributed by atoms with Crippen molar-refractivity contribution in [3.63, 3.8) is 0 Å². The Morgan fingerprint density at radius 2 is 2.05 bits per heavy atom. The van der Waals surface area contributed by atoms with E-state index in [0.717, 1.165) is 6.54 Å². The summed E-state index contributed by atoms with van der Waals surface area (Å²) < 4.78 is 5.31. The molecule has 0 aromatic carbocycles. The average molecular weight is 285 g/mol. The van der Waals surface area contributed by atoms with Crippen molar-refractivity contribution in [2.24, 2.45) is 5.73 Å². The highest BCUT2D eigenvalue weighted by Gasteiger charge is 2.38. The van der Waals surface area contributed by atoms with Gasteiger partial charge >= 0.3 is 6.09 Å². The minimum absolute atomic E-state index is 0.0350. The van der Waals surface area contributed by atoms with Crippen LogP contribution in [-0.2, 0) is 4.74 Å². The standard InChI is InChI=1S/C15H31N3O2/c1-11(17-13(19)20-14(2,3)4)12(10-16)18-9-7-8-15(18,5)6/h11-12H,7-10,16H2,1-6H3,(H,17,19). The number of amides is 1. The number of likely N-dealkylation sites (tertiary alicyclic amines) is 1. The van der Waals surface area contributed by atoms with Crippen LogP contribution in [0.15, 0.2) is 0 Å². The Bertz CT molecular complexity index is 337. The van der Waals surface area contributed by atoms with E-state index in [0.29, 0.717) is 6.54 Å². The zero-order valence-electron chi connectivity index (χ0n) is 13.8. The Balaban J connectivity index is 2.64. The maximum atomic E-state index is 11.9. The molecule has 1 amide bonds. The topological polar surface area (TPSA) is 67.6 Å². The molecule has 0 radical (unpaired) electrons. The van der Waals surface area contributed by atoms with Crippen LogP contribution in [0.3, 0.4) is 0 Å². The van der Waals surface area contributed by atoms with Crippen LogP contribution in [0.1, 0.15) is 54.4 Å². The van der Waals surface area contributed by atoms with Crippen molar-refractivity contribution in [3.05, 3.63) is 0 Å². The van der Waals surface area contributed by atoms with Gasteiger partial charge in [0.15, 0.2) is 0 Å². The molecule has 1 fully saturated rings. The van der Waals surface area contributed by atoms with Gasteiger partial charge in [-0.1, -0.05) is 0 Å². The molecule has 1 rings (SSSR count). The zero-order valence-corrected chi connectivity index (χ0v) is 13.8. The molecular weight excluding hydrogens is 254 g/mol. The first-order chi connectivity index (χ1) is 9.07. The van der Waals surface area contributed by atoms with E-state index in [2.05, 4.69) is 24.1 Å². The number of rotatable bonds is 4. The van der Waals surface area contributed by atoms with E-state index in [-0.39, 0.29) is 23.7 Å². The summed E-state index contributed by atoms with van der Waals surface area (Å²) in [5.74, 6) is 0. The number of ether oxygens (including phenoxy) is 1. The van der Waals surface area contributed by atoms with E-state index in [1.807, 2.05) is 27.7 Å². The molecule has 1 saturated heterocycles. The van der Waals surface area contributed by atoms with E-state index >= 15 is 0 Å². The highest BCUT2D eigenvalue weighted by Crippen LogP contribution is 2.30. The summed E-state index contributed by atoms with van der Waals surface area (Å²) in [5, 5.41) is 2.92. The number of hydrogen-bond acceptors (Lipinski definition) is 4. The fourth-order valence-electron chi connectivity index (χ4n) is 2.93. The van der Waals surface area contributed by atoms with Gasteiger partial charge in [0, 0.05) is 24.2 Å². The van der Waals surface area contributed by atoms with Crippen LogP contribution < -0.4 is 11.1 Å². The van der Waals surface area contributed by atoms with Gasteiger partial charge < -0.3 is 15.8 Å². The molecule has 5 heteroatoms. The first kappa shape index (κ1) is 17.2. The quantitative estimate of drug-likeness (QED) is 0.830. The molecule has 5 nitrogen and oxygen atoms in total. The number of hydrogen-bond donors (Lipinski definition) is 2. The Morgan fingerprint density at radius 3 is 2.45 bits per heavy atom. The van der Waals surface area contributed by atoms with Crippen LogP contribution in [0.4, 0.5) is 4.79 Å². The largest absolute Gasteiger partial charge is 0.444 e. The fraction of sp³-hybridized carbons (Fsp3) is 0.933. The van der Waals surface area contributed by atoms with Crippen LogP contribution in [0.5, 0.6) is 0 Å². The second-order valence-corrected chi connectivity index (χ2v) is 7.35. The molecule has 20 heavy (non-hydrogen) atoms. The third-order valence-electron chi connectivity index (χ3n) is 3.93. The Morgan fingerprint density at radius 1 is 1.45 bits per heavy atom. The van der Waals surface area contributed by atoms with Gasteiger partial charge in [-0.25, -0.2) is 4.79 Å². The summed E-state index contributed by atoms with van der Waals surface area (Å²) in [4.78, 5) is 14.3. The molecule has 118 valence electrons. The molecule has 3 N–H and O–H groups in total. The monoisotopic (exact) mass is 285 g/mol. The van der Waals surface area contributed by atoms with E-state index in [1.165, 1.54) is 12.8 Å². The first-order valence-corrected chi connectivity index (χ1v) is 7.53. The lowest BCUT2D eigenvalue weighted by Crippen LogP contribution is -2.58. The third-order valence-corrected chi connectivity index (χ3v) is 3.93. The lowest BCUT2D eigenvalue weighted by molar-refractivity contribution is 0.0429. The van der Waals surface area contributed by atoms with Crippen molar-refractivity contribution < 1.29 is 9.53 Å². The molecule has 2 atom stereocenters. The second kappa shape index (κ2) is 6.31. The number of carbonyl (C=O) groups excluding carboxylic acids is 1. The van der Waals surface area contributed by atoms with E-state index in [9.17, 15) is 4.79 Å². The number of nitrogens with zero attached hydrogens (tertiary/aromatic N) is 1. The van der Waals surface area contributed by atoms with Gasteiger partial charge in [0.05, 0.1) is 0 Å². The summed E-state index contributed by atoms with van der Waals surface area (Å²) in [6, 6.07) is 0.104. The summed E-state index contributed by atoms with van der Waals surface area (Å²) in [6.07, 6.45) is 1.98. The normalized spacial score (nSPS) is 22.4. The van der Waals surface area contributed by atoms with Gasteiger partial charge in [0.25, 0.3) is 0 Å². The lowest BCUT2D eigenvalue weighted by Gasteiger charge is -2.41. The van der Waals surface area contributed by atoms with E-state index in [1.54, 1.807) is 0 Å². The molecule has 0 aliphatic carbocycles. The van der Waals surface area contributed by atoms with Crippen molar-refractivity contribution in [1.29, 1.82) is 0 Å². The predicted molar refractivity (Wildman–Crippen MR) is 81.7 cm³/mol. The first-order valence-electron chi connectivity index (χ1n) is 7.53. The molecule has 1 aliphatic rings. The molecule has 0 aromatic rings. The third kappa shape index (κ3) is 4.63. The van der Waals surface area contributed by atoms with Crippen molar-refractivity contribution in [1.82, 2.24) is 10.2 Å². The van der Waals surface area contributed by atoms with Crippen molar-refractivity contribution in [2.45, 2.75) is 77.6 Å². The minimum Gasteiger partial charge on any atom is -0.444 e. The minimum atomic E-state index is -0.477. The highest BCUT2D eigenvalue weighted by molar-refractivity contribution is 5.68. The van der Waals surface area contributed by atoms with Crippen molar-refractivity contribution in [2.75, 3.05) is 13.1 Å². The fourth-order valence-corrected chi connectivity index (χ4v) is 2.93. The Kier molecular flexibility index (Phi) is 5.44. The summed E-state index contributed by atoms with van der Waals surface area (Å²) in [7, 11) is 0. The van der Waals surface area contributed by atoms with Gasteiger partial charge in [-0.15, -0.1) is 0 Å². The molecule has 2 unspecified atom stereocenters. The molecule has 1 heterocycles. The molecule has 0 bridgehead atoms. The van der Waals surface area contributed by atoms with E-state index < -0.39 is 5.60 Å². The van der Waals surface area contributed by atoms with Gasteiger partial charge in [-0.05, 0) is 60.9 Å². The van der Waals surface area contributed by atoms with Crippen LogP contribution in [0.2, 0.25) is 0 Å². The number of nitrogens with two attached hydrogens (primary N) is 1. The van der Waals surface area contributed by atoms with Gasteiger partial charge in [-0.3, -0.25) is 4.90 Å². The Hall–Kier alpha value is -0.810. The lowest BCUT2D eigenvalue weighted by atomic mass is 9.98. The summed E-state index contributed by atoms with van der Waals surface area (Å²) in [6.45, 7) is 13.6. The number of nitrogens with one attached hydrogen (secondary N) is 1. The van der Waals surface area contributed by atoms with Gasteiger partial charge in [-0.2, -0.15) is 0 Å². The van der Waals surface area contributed by atoms with Crippen LogP contribution >= 0.6 is 0 Å². The molecule has 0 spiro atoms.